The van der Waals surface area contributed by atoms with Crippen molar-refractivity contribution in [3.8, 4) is 11.5 Å². The number of hydrogen-bond donors (Lipinski definition) is 1. The number of benzene rings is 3. The van der Waals surface area contributed by atoms with Crippen LogP contribution in [0.25, 0.3) is 0 Å². The molecule has 37 heavy (non-hydrogen) atoms. The lowest BCUT2D eigenvalue weighted by atomic mass is 9.77. The Kier molecular flexibility index (Phi) is 5.64. The zero-order chi connectivity index (χ0) is 25.6. The normalized spacial score (nSPS) is 18.8. The predicted molar refractivity (Wildman–Crippen MR) is 148 cm³/mol. The van der Waals surface area contributed by atoms with Crippen molar-refractivity contribution in [3.63, 3.8) is 0 Å². The molecule has 1 atom stereocenters. The summed E-state index contributed by atoms with van der Waals surface area (Å²) in [6.07, 6.45) is 11.3. The number of hydrogen-bond acceptors (Lipinski definition) is 5. The molecule has 6 rings (SSSR count). The summed E-state index contributed by atoms with van der Waals surface area (Å²) >= 11 is 0. The molecule has 1 aliphatic carbocycles. The fraction of sp³-hybridized carbons (Fsp3) is 0.219. The van der Waals surface area contributed by atoms with E-state index in [9.17, 15) is 4.79 Å². The van der Waals surface area contributed by atoms with E-state index in [2.05, 4.69) is 85.6 Å². The first-order chi connectivity index (χ1) is 18.0. The number of ether oxygens (including phenoxy) is 2. The molecular formula is C32H30N2O3. The Morgan fingerprint density at radius 2 is 1.76 bits per heavy atom. The van der Waals surface area contributed by atoms with Crippen LogP contribution < -0.4 is 15.0 Å². The van der Waals surface area contributed by atoms with Crippen LogP contribution in [0.3, 0.4) is 0 Å². The molecule has 0 saturated heterocycles. The second-order valence-electron chi connectivity index (χ2n) is 9.55. The van der Waals surface area contributed by atoms with Gasteiger partial charge in [0.2, 0.25) is 0 Å². The summed E-state index contributed by atoms with van der Waals surface area (Å²) < 4.78 is 12.9. The lowest BCUT2D eigenvalue weighted by Crippen LogP contribution is -2.33. The molecule has 0 amide bonds. The van der Waals surface area contributed by atoms with Crippen molar-refractivity contribution in [1.82, 2.24) is 0 Å². The Morgan fingerprint density at radius 3 is 2.59 bits per heavy atom. The number of rotatable bonds is 5. The number of esters is 1. The van der Waals surface area contributed by atoms with E-state index >= 15 is 0 Å². The first-order valence-electron chi connectivity index (χ1n) is 12.9. The highest BCUT2D eigenvalue weighted by molar-refractivity contribution is 5.97. The van der Waals surface area contributed by atoms with Gasteiger partial charge in [-0.2, -0.15) is 0 Å². The standard InChI is InChI=1S/C32H30N2O3/c1-4-34(5-2)23-16-17-26-30(19-23)36-29-18-21(3)28(33-22-12-8-6-7-9-13-22)20-27(29)32(26)25-15-11-10-14-24(25)31(35)37-32/h6,8-20,33H,4-5,7H2,1-3H3. The van der Waals surface area contributed by atoms with Gasteiger partial charge in [-0.05, 0) is 75.2 Å². The summed E-state index contributed by atoms with van der Waals surface area (Å²) in [5.74, 6) is 1.08. The summed E-state index contributed by atoms with van der Waals surface area (Å²) in [6, 6.07) is 18.0. The third-order valence-corrected chi connectivity index (χ3v) is 7.43. The number of carbonyl (C=O) groups is 1. The molecule has 1 N–H and O–H groups in total. The molecule has 3 aromatic rings. The van der Waals surface area contributed by atoms with E-state index in [1.807, 2.05) is 30.3 Å². The minimum atomic E-state index is -1.09. The van der Waals surface area contributed by atoms with Gasteiger partial charge < -0.3 is 19.7 Å². The molecule has 0 radical (unpaired) electrons. The Balaban J connectivity index is 1.56. The van der Waals surface area contributed by atoms with Crippen molar-refractivity contribution >= 4 is 17.3 Å². The number of nitrogens with zero attached hydrogens (tertiary/aromatic N) is 1. The highest BCUT2D eigenvalue weighted by Crippen LogP contribution is 2.57. The van der Waals surface area contributed by atoms with E-state index in [0.29, 0.717) is 17.1 Å². The van der Waals surface area contributed by atoms with Gasteiger partial charge in [0.25, 0.3) is 0 Å². The van der Waals surface area contributed by atoms with Gasteiger partial charge in [0.15, 0.2) is 5.60 Å². The van der Waals surface area contributed by atoms with Crippen LogP contribution in [0.1, 0.15) is 52.9 Å². The molecular weight excluding hydrogens is 460 g/mol. The number of allylic oxidation sites excluding steroid dienone is 5. The zero-order valence-electron chi connectivity index (χ0n) is 21.4. The summed E-state index contributed by atoms with van der Waals surface area (Å²) in [4.78, 5) is 15.5. The van der Waals surface area contributed by atoms with Crippen LogP contribution in [0, 0.1) is 6.92 Å². The van der Waals surface area contributed by atoms with E-state index in [-0.39, 0.29) is 5.97 Å². The second-order valence-corrected chi connectivity index (χ2v) is 9.55. The fourth-order valence-electron chi connectivity index (χ4n) is 5.55. The molecule has 0 aromatic heterocycles. The van der Waals surface area contributed by atoms with Crippen LogP contribution in [0.4, 0.5) is 11.4 Å². The van der Waals surface area contributed by atoms with Gasteiger partial charge in [0.1, 0.15) is 11.5 Å². The summed E-state index contributed by atoms with van der Waals surface area (Å²) in [5, 5.41) is 3.56. The Hall–Kier alpha value is -4.25. The monoisotopic (exact) mass is 490 g/mol. The Morgan fingerprint density at radius 1 is 0.946 bits per heavy atom. The second kappa shape index (κ2) is 9.00. The minimum absolute atomic E-state index is 0.322. The van der Waals surface area contributed by atoms with E-state index in [1.54, 1.807) is 0 Å². The van der Waals surface area contributed by atoms with Gasteiger partial charge in [-0.3, -0.25) is 0 Å². The molecule has 2 heterocycles. The smallest absolute Gasteiger partial charge is 0.340 e. The van der Waals surface area contributed by atoms with E-state index in [1.165, 1.54) is 0 Å². The average molecular weight is 491 g/mol. The number of nitrogens with one attached hydrogen (secondary N) is 1. The van der Waals surface area contributed by atoms with Crippen LogP contribution >= 0.6 is 0 Å². The van der Waals surface area contributed by atoms with Gasteiger partial charge in [0, 0.05) is 52.9 Å². The molecule has 2 aliphatic heterocycles. The van der Waals surface area contributed by atoms with Crippen molar-refractivity contribution in [2.45, 2.75) is 32.8 Å². The summed E-state index contributed by atoms with van der Waals surface area (Å²) in [7, 11) is 0. The SMILES string of the molecule is CCN(CC)c1ccc2c(c1)Oc1cc(C)c(NC3=CC=CCC=C3)cc1C21OC(=O)c2ccccc21. The molecule has 0 saturated carbocycles. The summed E-state index contributed by atoms with van der Waals surface area (Å²) in [6.45, 7) is 8.13. The zero-order valence-corrected chi connectivity index (χ0v) is 21.4. The molecule has 5 nitrogen and oxygen atoms in total. The third kappa shape index (κ3) is 3.65. The first kappa shape index (κ1) is 23.2. The van der Waals surface area contributed by atoms with E-state index in [4.69, 9.17) is 9.47 Å². The topological polar surface area (TPSA) is 50.8 Å². The van der Waals surface area contributed by atoms with Crippen LogP contribution in [0.5, 0.6) is 11.5 Å². The van der Waals surface area contributed by atoms with Gasteiger partial charge in [-0.25, -0.2) is 4.79 Å². The highest BCUT2D eigenvalue weighted by Gasteiger charge is 2.53. The van der Waals surface area contributed by atoms with Crippen molar-refractivity contribution in [3.05, 3.63) is 118 Å². The van der Waals surface area contributed by atoms with Crippen molar-refractivity contribution in [2.24, 2.45) is 0 Å². The highest BCUT2D eigenvalue weighted by atomic mass is 16.6. The third-order valence-electron chi connectivity index (χ3n) is 7.43. The molecule has 3 aliphatic rings. The summed E-state index contributed by atoms with van der Waals surface area (Å²) in [5.41, 5.74) is 6.04. The van der Waals surface area contributed by atoms with Crippen LogP contribution in [-0.4, -0.2) is 19.1 Å². The van der Waals surface area contributed by atoms with Crippen molar-refractivity contribution < 1.29 is 14.3 Å². The lowest BCUT2D eigenvalue weighted by Gasteiger charge is -2.37. The molecule has 3 aromatic carbocycles. The van der Waals surface area contributed by atoms with Crippen molar-refractivity contribution in [2.75, 3.05) is 23.3 Å². The Bertz CT molecular complexity index is 1500. The molecule has 1 spiro atoms. The molecule has 0 fully saturated rings. The number of anilines is 2. The Labute approximate surface area is 217 Å². The van der Waals surface area contributed by atoms with Gasteiger partial charge in [0.05, 0.1) is 5.56 Å². The average Bonchev–Trinajstić information content (AvgIpc) is 3.04. The number of carbonyl (C=O) groups excluding carboxylic acids is 1. The molecule has 186 valence electrons. The fourth-order valence-corrected chi connectivity index (χ4v) is 5.55. The number of fused-ring (bicyclic) bond motifs is 6. The number of aryl methyl sites for hydroxylation is 1. The van der Waals surface area contributed by atoms with E-state index < -0.39 is 5.60 Å². The minimum Gasteiger partial charge on any atom is -0.456 e. The molecule has 5 heteroatoms. The molecule has 0 bridgehead atoms. The van der Waals surface area contributed by atoms with E-state index in [0.717, 1.165) is 58.8 Å². The van der Waals surface area contributed by atoms with Crippen LogP contribution in [-0.2, 0) is 10.3 Å². The first-order valence-corrected chi connectivity index (χ1v) is 12.9. The quantitative estimate of drug-likeness (QED) is 0.383. The van der Waals surface area contributed by atoms with Gasteiger partial charge in [-0.15, -0.1) is 0 Å². The maximum absolute atomic E-state index is 13.2. The van der Waals surface area contributed by atoms with Gasteiger partial charge >= 0.3 is 5.97 Å². The molecule has 1 unspecified atom stereocenters. The van der Waals surface area contributed by atoms with Crippen molar-refractivity contribution in [1.29, 1.82) is 0 Å². The maximum Gasteiger partial charge on any atom is 0.340 e. The maximum atomic E-state index is 13.2. The lowest BCUT2D eigenvalue weighted by molar-refractivity contribution is 0.0224. The largest absolute Gasteiger partial charge is 0.456 e. The van der Waals surface area contributed by atoms with Crippen LogP contribution in [0.2, 0.25) is 0 Å². The van der Waals surface area contributed by atoms with Gasteiger partial charge in [-0.1, -0.05) is 36.4 Å². The van der Waals surface area contributed by atoms with Crippen LogP contribution in [0.15, 0.2) is 90.7 Å². The predicted octanol–water partition coefficient (Wildman–Crippen LogP) is 7.22.